The highest BCUT2D eigenvalue weighted by Gasteiger charge is 2.27. The zero-order chi connectivity index (χ0) is 19.2. The standard InChI is InChI=1S/C19H26FN5O2/c20-13-5-6-15(22)16(11-13)24-19(26)18(27-14-3-1-2-4-14)17(12-21)25-9-7-23-8-10-25/h5-6,11-12,14,21,23H,1-4,7-10,22H2,(H,24,26)/b18-17-,21-12?. The molecular formula is C19H26FN5O2. The second-order valence-electron chi connectivity index (χ2n) is 6.81. The van der Waals surface area contributed by atoms with Gasteiger partial charge < -0.3 is 31.4 Å². The van der Waals surface area contributed by atoms with Crippen molar-refractivity contribution in [3.63, 3.8) is 0 Å². The number of benzene rings is 1. The molecule has 1 aromatic rings. The third kappa shape index (κ3) is 4.77. The van der Waals surface area contributed by atoms with E-state index in [4.69, 9.17) is 15.9 Å². The van der Waals surface area contributed by atoms with E-state index < -0.39 is 11.7 Å². The third-order valence-electron chi connectivity index (χ3n) is 4.88. The molecule has 2 aliphatic rings. The van der Waals surface area contributed by atoms with Crippen LogP contribution in [0.5, 0.6) is 0 Å². The van der Waals surface area contributed by atoms with Gasteiger partial charge in [0, 0.05) is 32.4 Å². The summed E-state index contributed by atoms with van der Waals surface area (Å²) in [7, 11) is 0. The van der Waals surface area contributed by atoms with E-state index >= 15 is 0 Å². The van der Waals surface area contributed by atoms with Crippen molar-refractivity contribution < 1.29 is 13.9 Å². The molecule has 1 aliphatic heterocycles. The predicted octanol–water partition coefficient (Wildman–Crippen LogP) is 2.07. The molecule has 1 saturated carbocycles. The fourth-order valence-electron chi connectivity index (χ4n) is 3.43. The van der Waals surface area contributed by atoms with Crippen molar-refractivity contribution in [2.45, 2.75) is 31.8 Å². The SMILES string of the molecule is N=C/C(=C(/OC1CCCC1)C(=O)Nc1cc(F)ccc1N)N1CCNCC1. The number of halogens is 1. The van der Waals surface area contributed by atoms with E-state index in [0.717, 1.165) is 45.0 Å². The molecule has 1 aliphatic carbocycles. The second kappa shape index (κ2) is 8.85. The molecule has 8 heteroatoms. The molecule has 27 heavy (non-hydrogen) atoms. The number of carbonyl (C=O) groups excluding carboxylic acids is 1. The van der Waals surface area contributed by atoms with Gasteiger partial charge >= 0.3 is 0 Å². The van der Waals surface area contributed by atoms with Crippen molar-refractivity contribution >= 4 is 23.5 Å². The number of hydrogen-bond donors (Lipinski definition) is 4. The number of hydrogen-bond acceptors (Lipinski definition) is 6. The minimum atomic E-state index is -0.517. The number of allylic oxidation sites excluding steroid dienone is 1. The number of piperazine rings is 1. The molecule has 0 spiro atoms. The summed E-state index contributed by atoms with van der Waals surface area (Å²) in [6, 6.07) is 3.82. The maximum atomic E-state index is 13.5. The maximum absolute atomic E-state index is 13.5. The highest BCUT2D eigenvalue weighted by Crippen LogP contribution is 2.27. The van der Waals surface area contributed by atoms with Crippen LogP contribution in [-0.4, -0.2) is 49.3 Å². The highest BCUT2D eigenvalue weighted by atomic mass is 19.1. The molecule has 1 heterocycles. The van der Waals surface area contributed by atoms with Gasteiger partial charge in [-0.05, 0) is 43.9 Å². The quantitative estimate of drug-likeness (QED) is 0.264. The fourth-order valence-corrected chi connectivity index (χ4v) is 3.43. The first-order valence-electron chi connectivity index (χ1n) is 9.32. The number of rotatable bonds is 6. The van der Waals surface area contributed by atoms with E-state index in [9.17, 15) is 9.18 Å². The van der Waals surface area contributed by atoms with Gasteiger partial charge in [-0.25, -0.2) is 4.39 Å². The van der Waals surface area contributed by atoms with Crippen LogP contribution in [0.2, 0.25) is 0 Å². The Balaban J connectivity index is 1.89. The van der Waals surface area contributed by atoms with Crippen LogP contribution in [0.1, 0.15) is 25.7 Å². The topological polar surface area (TPSA) is 103 Å². The van der Waals surface area contributed by atoms with Crippen LogP contribution in [0.3, 0.4) is 0 Å². The van der Waals surface area contributed by atoms with Gasteiger partial charge in [-0.15, -0.1) is 0 Å². The van der Waals surface area contributed by atoms with Gasteiger partial charge in [0.05, 0.1) is 17.5 Å². The molecule has 2 fully saturated rings. The number of ether oxygens (including phenoxy) is 1. The molecule has 3 rings (SSSR count). The van der Waals surface area contributed by atoms with E-state index in [1.807, 2.05) is 4.90 Å². The monoisotopic (exact) mass is 375 g/mol. The van der Waals surface area contributed by atoms with Crippen LogP contribution < -0.4 is 16.4 Å². The van der Waals surface area contributed by atoms with Crippen LogP contribution >= 0.6 is 0 Å². The first kappa shape index (κ1) is 19.2. The molecule has 146 valence electrons. The number of nitrogens with one attached hydrogen (secondary N) is 3. The minimum Gasteiger partial charge on any atom is -0.483 e. The Labute approximate surface area is 158 Å². The van der Waals surface area contributed by atoms with E-state index in [-0.39, 0.29) is 23.2 Å². The first-order chi connectivity index (χ1) is 13.1. The minimum absolute atomic E-state index is 0.0477. The van der Waals surface area contributed by atoms with Gasteiger partial charge in [0.25, 0.3) is 5.91 Å². The molecule has 1 saturated heterocycles. The van der Waals surface area contributed by atoms with Crippen LogP contribution in [-0.2, 0) is 9.53 Å². The average molecular weight is 375 g/mol. The van der Waals surface area contributed by atoms with Crippen LogP contribution in [0, 0.1) is 11.2 Å². The van der Waals surface area contributed by atoms with E-state index in [0.29, 0.717) is 18.8 Å². The Kier molecular flexibility index (Phi) is 6.28. The van der Waals surface area contributed by atoms with Gasteiger partial charge in [-0.1, -0.05) is 0 Å². The van der Waals surface area contributed by atoms with Gasteiger partial charge in [-0.2, -0.15) is 0 Å². The smallest absolute Gasteiger partial charge is 0.293 e. The van der Waals surface area contributed by atoms with Gasteiger partial charge in [0.15, 0.2) is 0 Å². The summed E-state index contributed by atoms with van der Waals surface area (Å²) in [5.74, 6) is -0.908. The first-order valence-corrected chi connectivity index (χ1v) is 9.32. The number of amides is 1. The summed E-state index contributed by atoms with van der Waals surface area (Å²) in [6.45, 7) is 2.90. The van der Waals surface area contributed by atoms with Crippen molar-refractivity contribution in [1.82, 2.24) is 10.2 Å². The summed E-state index contributed by atoms with van der Waals surface area (Å²) in [5, 5.41) is 13.8. The Morgan fingerprint density at radius 3 is 2.70 bits per heavy atom. The molecule has 0 bridgehead atoms. The molecule has 1 aromatic carbocycles. The van der Waals surface area contributed by atoms with Crippen LogP contribution in [0.15, 0.2) is 29.7 Å². The maximum Gasteiger partial charge on any atom is 0.293 e. The predicted molar refractivity (Wildman–Crippen MR) is 103 cm³/mol. The zero-order valence-electron chi connectivity index (χ0n) is 15.3. The van der Waals surface area contributed by atoms with Crippen molar-refractivity contribution in [2.75, 3.05) is 37.2 Å². The lowest BCUT2D eigenvalue weighted by Crippen LogP contribution is -2.44. The lowest BCUT2D eigenvalue weighted by atomic mass is 10.2. The summed E-state index contributed by atoms with van der Waals surface area (Å²) in [4.78, 5) is 14.9. The van der Waals surface area contributed by atoms with E-state index in [1.165, 1.54) is 18.2 Å². The number of nitrogen functional groups attached to an aromatic ring is 1. The van der Waals surface area contributed by atoms with Crippen LogP contribution in [0.4, 0.5) is 15.8 Å². The Morgan fingerprint density at radius 2 is 2.04 bits per heavy atom. The Bertz CT molecular complexity index is 725. The highest BCUT2D eigenvalue weighted by molar-refractivity contribution is 6.06. The summed E-state index contributed by atoms with van der Waals surface area (Å²) < 4.78 is 19.6. The lowest BCUT2D eigenvalue weighted by Gasteiger charge is -2.31. The van der Waals surface area contributed by atoms with Gasteiger partial charge in [0.1, 0.15) is 11.5 Å². The van der Waals surface area contributed by atoms with E-state index in [2.05, 4.69) is 10.6 Å². The number of carbonyl (C=O) groups is 1. The summed E-state index contributed by atoms with van der Waals surface area (Å²) in [6.07, 6.45) is 4.99. The van der Waals surface area contributed by atoms with Gasteiger partial charge in [-0.3, -0.25) is 4.79 Å². The third-order valence-corrected chi connectivity index (χ3v) is 4.88. The summed E-state index contributed by atoms with van der Waals surface area (Å²) >= 11 is 0. The van der Waals surface area contributed by atoms with Crippen molar-refractivity contribution in [1.29, 1.82) is 5.41 Å². The molecule has 0 unspecified atom stereocenters. The van der Waals surface area contributed by atoms with Crippen molar-refractivity contribution in [3.05, 3.63) is 35.5 Å². The fraction of sp³-hybridized carbons (Fsp3) is 0.474. The normalized spacial score (nSPS) is 18.8. The van der Waals surface area contributed by atoms with E-state index in [1.54, 1.807) is 0 Å². The Morgan fingerprint density at radius 1 is 1.33 bits per heavy atom. The molecular weight excluding hydrogens is 349 g/mol. The lowest BCUT2D eigenvalue weighted by molar-refractivity contribution is -0.117. The second-order valence-corrected chi connectivity index (χ2v) is 6.81. The van der Waals surface area contributed by atoms with Crippen molar-refractivity contribution in [2.24, 2.45) is 0 Å². The van der Waals surface area contributed by atoms with Gasteiger partial charge in [0.2, 0.25) is 5.76 Å². The zero-order valence-corrected chi connectivity index (χ0v) is 15.3. The number of nitrogens with two attached hydrogens (primary N) is 1. The molecule has 0 atom stereocenters. The molecule has 0 radical (unpaired) electrons. The molecule has 0 aromatic heterocycles. The Hall–Kier alpha value is -2.61. The largest absolute Gasteiger partial charge is 0.483 e. The molecule has 5 N–H and O–H groups in total. The summed E-state index contributed by atoms with van der Waals surface area (Å²) in [5.41, 5.74) is 6.75. The van der Waals surface area contributed by atoms with Crippen LogP contribution in [0.25, 0.3) is 0 Å². The number of anilines is 2. The molecule has 7 nitrogen and oxygen atoms in total. The average Bonchev–Trinajstić information content (AvgIpc) is 3.18. The number of nitrogens with zero attached hydrogens (tertiary/aromatic N) is 1. The van der Waals surface area contributed by atoms with Crippen molar-refractivity contribution in [3.8, 4) is 0 Å². The molecule has 1 amide bonds.